The van der Waals surface area contributed by atoms with Crippen LogP contribution in [0.1, 0.15) is 40.0 Å². The van der Waals surface area contributed by atoms with Crippen LogP contribution in [-0.2, 0) is 9.59 Å². The predicted octanol–water partition coefficient (Wildman–Crippen LogP) is 0.240. The molecular weight excluding hydrogens is 222 g/mol. The number of carbonyl (C=O) groups excluding carboxylic acids is 2. The van der Waals surface area contributed by atoms with Crippen molar-refractivity contribution in [1.29, 1.82) is 0 Å². The van der Waals surface area contributed by atoms with Crippen molar-refractivity contribution in [3.63, 3.8) is 0 Å². The second kappa shape index (κ2) is 8.20. The molecule has 0 bridgehead atoms. The molecule has 5 heteroatoms. The Labute approximate surface area is 102 Å². The van der Waals surface area contributed by atoms with Crippen LogP contribution in [0.15, 0.2) is 0 Å². The molecule has 5 nitrogen and oxygen atoms in total. The minimum absolute atomic E-state index is 0.0134. The number of hydrogen-bond acceptors (Lipinski definition) is 4. The Bertz CT molecular complexity index is 255. The van der Waals surface area contributed by atoms with Crippen LogP contribution in [-0.4, -0.2) is 40.7 Å². The van der Waals surface area contributed by atoms with Crippen molar-refractivity contribution in [3.05, 3.63) is 0 Å². The number of aliphatic hydroxyl groups excluding tert-OH is 2. The SMILES string of the molecule is CC[C@H](C)[C@@H](CO)NC(=O)C[C@@H](O)CC(C)=O. The highest BCUT2D eigenvalue weighted by atomic mass is 16.3. The van der Waals surface area contributed by atoms with Gasteiger partial charge in [0.25, 0.3) is 0 Å². The van der Waals surface area contributed by atoms with Gasteiger partial charge in [0.05, 0.1) is 25.2 Å². The van der Waals surface area contributed by atoms with Gasteiger partial charge in [-0.2, -0.15) is 0 Å². The lowest BCUT2D eigenvalue weighted by Crippen LogP contribution is -2.43. The van der Waals surface area contributed by atoms with E-state index in [1.165, 1.54) is 6.92 Å². The maximum Gasteiger partial charge on any atom is 0.222 e. The summed E-state index contributed by atoms with van der Waals surface area (Å²) in [4.78, 5) is 22.3. The van der Waals surface area contributed by atoms with Crippen molar-refractivity contribution in [1.82, 2.24) is 5.32 Å². The molecule has 0 rings (SSSR count). The Morgan fingerprint density at radius 1 is 1.29 bits per heavy atom. The zero-order valence-corrected chi connectivity index (χ0v) is 10.8. The largest absolute Gasteiger partial charge is 0.394 e. The van der Waals surface area contributed by atoms with E-state index in [2.05, 4.69) is 5.32 Å². The first-order chi connectivity index (χ1) is 7.90. The molecule has 17 heavy (non-hydrogen) atoms. The van der Waals surface area contributed by atoms with Crippen molar-refractivity contribution in [2.45, 2.75) is 52.2 Å². The fourth-order valence-electron chi connectivity index (χ4n) is 1.54. The molecule has 0 fully saturated rings. The summed E-state index contributed by atoms with van der Waals surface area (Å²) in [5, 5.41) is 21.2. The van der Waals surface area contributed by atoms with Gasteiger partial charge in [0.1, 0.15) is 5.78 Å². The van der Waals surface area contributed by atoms with E-state index in [4.69, 9.17) is 5.11 Å². The van der Waals surface area contributed by atoms with Crippen molar-refractivity contribution in [2.24, 2.45) is 5.92 Å². The summed E-state index contributed by atoms with van der Waals surface area (Å²) < 4.78 is 0. The fraction of sp³-hybridized carbons (Fsp3) is 0.833. The van der Waals surface area contributed by atoms with Crippen molar-refractivity contribution < 1.29 is 19.8 Å². The molecule has 0 saturated heterocycles. The van der Waals surface area contributed by atoms with Gasteiger partial charge < -0.3 is 15.5 Å². The minimum Gasteiger partial charge on any atom is -0.394 e. The number of amides is 1. The van der Waals surface area contributed by atoms with Gasteiger partial charge in [-0.1, -0.05) is 20.3 Å². The molecule has 0 unspecified atom stereocenters. The number of rotatable bonds is 8. The molecule has 0 spiro atoms. The Balaban J connectivity index is 4.10. The third kappa shape index (κ3) is 7.07. The normalized spacial score (nSPS) is 16.1. The van der Waals surface area contributed by atoms with E-state index in [1.807, 2.05) is 13.8 Å². The zero-order valence-electron chi connectivity index (χ0n) is 10.8. The second-order valence-electron chi connectivity index (χ2n) is 4.51. The van der Waals surface area contributed by atoms with E-state index in [1.54, 1.807) is 0 Å². The van der Waals surface area contributed by atoms with Gasteiger partial charge in [0.2, 0.25) is 5.91 Å². The number of Topliss-reactive ketones (excluding diaryl/α,β-unsaturated/α-hetero) is 1. The minimum atomic E-state index is -0.941. The van der Waals surface area contributed by atoms with Crippen LogP contribution >= 0.6 is 0 Å². The van der Waals surface area contributed by atoms with Gasteiger partial charge in [0, 0.05) is 6.42 Å². The van der Waals surface area contributed by atoms with Crippen molar-refractivity contribution in [3.8, 4) is 0 Å². The summed E-state index contributed by atoms with van der Waals surface area (Å²) >= 11 is 0. The van der Waals surface area contributed by atoms with Crippen molar-refractivity contribution >= 4 is 11.7 Å². The summed E-state index contributed by atoms with van der Waals surface area (Å²) in [5.74, 6) is -0.307. The topological polar surface area (TPSA) is 86.6 Å². The molecule has 0 aliphatic carbocycles. The first-order valence-electron chi connectivity index (χ1n) is 5.98. The van der Waals surface area contributed by atoms with E-state index >= 15 is 0 Å². The van der Waals surface area contributed by atoms with E-state index in [0.29, 0.717) is 0 Å². The lowest BCUT2D eigenvalue weighted by Gasteiger charge is -2.22. The Hall–Kier alpha value is -0.940. The molecule has 0 aliphatic heterocycles. The van der Waals surface area contributed by atoms with Crippen LogP contribution < -0.4 is 5.32 Å². The van der Waals surface area contributed by atoms with Gasteiger partial charge >= 0.3 is 0 Å². The van der Waals surface area contributed by atoms with E-state index in [9.17, 15) is 14.7 Å². The molecule has 0 saturated carbocycles. The molecule has 0 aromatic heterocycles. The van der Waals surface area contributed by atoms with E-state index < -0.39 is 6.10 Å². The lowest BCUT2D eigenvalue weighted by molar-refractivity contribution is -0.125. The third-order valence-electron chi connectivity index (χ3n) is 2.82. The number of hydrogen-bond donors (Lipinski definition) is 3. The van der Waals surface area contributed by atoms with Gasteiger partial charge in [-0.3, -0.25) is 9.59 Å². The smallest absolute Gasteiger partial charge is 0.222 e. The van der Waals surface area contributed by atoms with Gasteiger partial charge in [-0.15, -0.1) is 0 Å². The van der Waals surface area contributed by atoms with Gasteiger partial charge in [0.15, 0.2) is 0 Å². The first kappa shape index (κ1) is 16.1. The average Bonchev–Trinajstić information content (AvgIpc) is 2.23. The Kier molecular flexibility index (Phi) is 7.74. The highest BCUT2D eigenvalue weighted by Crippen LogP contribution is 2.08. The molecule has 0 aromatic rings. The van der Waals surface area contributed by atoms with Crippen molar-refractivity contribution in [2.75, 3.05) is 6.61 Å². The lowest BCUT2D eigenvalue weighted by atomic mass is 9.99. The standard InChI is InChI=1S/C12H23NO4/c1-4-8(2)11(7-14)13-12(17)6-10(16)5-9(3)15/h8,10-11,14,16H,4-7H2,1-3H3,(H,13,17)/t8-,10-,11+/m0/s1. The summed E-state index contributed by atoms with van der Waals surface area (Å²) in [6.07, 6.45) is -0.210. The highest BCUT2D eigenvalue weighted by Gasteiger charge is 2.19. The van der Waals surface area contributed by atoms with Gasteiger partial charge in [-0.25, -0.2) is 0 Å². The van der Waals surface area contributed by atoms with E-state index in [-0.39, 0.29) is 43.1 Å². The second-order valence-corrected chi connectivity index (χ2v) is 4.51. The van der Waals surface area contributed by atoms with Crippen LogP contribution in [0.2, 0.25) is 0 Å². The number of aliphatic hydroxyl groups is 2. The molecule has 3 N–H and O–H groups in total. The molecule has 100 valence electrons. The van der Waals surface area contributed by atoms with E-state index in [0.717, 1.165) is 6.42 Å². The van der Waals surface area contributed by atoms with Crippen LogP contribution in [0.25, 0.3) is 0 Å². The number of carbonyl (C=O) groups is 2. The van der Waals surface area contributed by atoms with Crippen LogP contribution in [0.4, 0.5) is 0 Å². The van der Waals surface area contributed by atoms with Gasteiger partial charge in [-0.05, 0) is 12.8 Å². The summed E-state index contributed by atoms with van der Waals surface area (Å²) in [6.45, 7) is 5.16. The molecule has 0 aromatic carbocycles. The average molecular weight is 245 g/mol. The molecule has 0 radical (unpaired) electrons. The third-order valence-corrected chi connectivity index (χ3v) is 2.82. The monoisotopic (exact) mass is 245 g/mol. The molecule has 3 atom stereocenters. The maximum atomic E-state index is 11.5. The number of nitrogens with one attached hydrogen (secondary N) is 1. The van der Waals surface area contributed by atoms with Crippen LogP contribution in [0.3, 0.4) is 0 Å². The zero-order chi connectivity index (χ0) is 13.4. The summed E-state index contributed by atoms with van der Waals surface area (Å²) in [7, 11) is 0. The number of ketones is 1. The summed E-state index contributed by atoms with van der Waals surface area (Å²) in [5.41, 5.74) is 0. The Morgan fingerprint density at radius 3 is 2.29 bits per heavy atom. The maximum absolute atomic E-state index is 11.5. The van der Waals surface area contributed by atoms with Crippen LogP contribution in [0.5, 0.6) is 0 Å². The molecule has 0 aliphatic rings. The quantitative estimate of drug-likeness (QED) is 0.571. The highest BCUT2D eigenvalue weighted by molar-refractivity contribution is 5.79. The predicted molar refractivity (Wildman–Crippen MR) is 64.4 cm³/mol. The molecular formula is C12H23NO4. The fourth-order valence-corrected chi connectivity index (χ4v) is 1.54. The Morgan fingerprint density at radius 2 is 1.88 bits per heavy atom. The first-order valence-corrected chi connectivity index (χ1v) is 5.98. The molecule has 0 heterocycles. The van der Waals surface area contributed by atoms with Crippen LogP contribution in [0, 0.1) is 5.92 Å². The molecule has 1 amide bonds. The summed E-state index contributed by atoms with van der Waals surface area (Å²) in [6, 6.07) is -0.294.